The van der Waals surface area contributed by atoms with Gasteiger partial charge in [-0.3, -0.25) is 9.59 Å². The molecule has 136 valence electrons. The lowest BCUT2D eigenvalue weighted by molar-refractivity contribution is -0.113. The van der Waals surface area contributed by atoms with Gasteiger partial charge in [-0.1, -0.05) is 24.3 Å². The lowest BCUT2D eigenvalue weighted by Crippen LogP contribution is -2.31. The number of nitrogens with one attached hydrogen (secondary N) is 2. The average Bonchev–Trinajstić information content (AvgIpc) is 3.14. The maximum absolute atomic E-state index is 12.8. The van der Waals surface area contributed by atoms with Crippen molar-refractivity contribution in [1.29, 1.82) is 0 Å². The van der Waals surface area contributed by atoms with Crippen LogP contribution in [0.3, 0.4) is 0 Å². The zero-order valence-corrected chi connectivity index (χ0v) is 16.7. The maximum atomic E-state index is 12.8. The highest BCUT2D eigenvalue weighted by atomic mass is 127. The SMILES string of the molecule is Cc1cccc(NC(=O)C(=Cc2ccco2)NC(=O)c2ccccc2I)c1. The van der Waals surface area contributed by atoms with Crippen LogP contribution >= 0.6 is 22.6 Å². The molecule has 0 aliphatic rings. The molecule has 1 heterocycles. The Labute approximate surface area is 170 Å². The van der Waals surface area contributed by atoms with Gasteiger partial charge < -0.3 is 15.1 Å². The fourth-order valence-corrected chi connectivity index (χ4v) is 3.06. The fourth-order valence-electron chi connectivity index (χ4n) is 2.43. The van der Waals surface area contributed by atoms with Crippen molar-refractivity contribution >= 4 is 46.2 Å². The smallest absolute Gasteiger partial charge is 0.272 e. The minimum Gasteiger partial charge on any atom is -0.465 e. The zero-order chi connectivity index (χ0) is 19.2. The third-order valence-electron chi connectivity index (χ3n) is 3.72. The molecule has 1 aromatic heterocycles. The summed E-state index contributed by atoms with van der Waals surface area (Å²) in [6.07, 6.45) is 3.00. The first-order valence-electron chi connectivity index (χ1n) is 8.22. The van der Waals surface area contributed by atoms with Crippen LogP contribution in [0, 0.1) is 10.5 Å². The van der Waals surface area contributed by atoms with Gasteiger partial charge in [-0.15, -0.1) is 0 Å². The van der Waals surface area contributed by atoms with Crippen LogP contribution in [0.15, 0.2) is 77.0 Å². The van der Waals surface area contributed by atoms with E-state index in [1.165, 1.54) is 12.3 Å². The second kappa shape index (κ2) is 8.68. The zero-order valence-electron chi connectivity index (χ0n) is 14.5. The summed E-state index contributed by atoms with van der Waals surface area (Å²) in [5.41, 5.74) is 2.25. The topological polar surface area (TPSA) is 71.3 Å². The van der Waals surface area contributed by atoms with Crippen molar-refractivity contribution in [3.8, 4) is 0 Å². The Bertz CT molecular complexity index is 994. The second-order valence-corrected chi connectivity index (χ2v) is 6.99. The van der Waals surface area contributed by atoms with E-state index in [0.29, 0.717) is 17.0 Å². The van der Waals surface area contributed by atoms with Gasteiger partial charge in [0.2, 0.25) is 0 Å². The number of furan rings is 1. The Hall–Kier alpha value is -2.87. The molecule has 0 saturated heterocycles. The Balaban J connectivity index is 1.86. The first kappa shape index (κ1) is 18.9. The molecule has 3 rings (SSSR count). The van der Waals surface area contributed by atoms with E-state index in [0.717, 1.165) is 9.13 Å². The van der Waals surface area contributed by atoms with Gasteiger partial charge in [-0.2, -0.15) is 0 Å². The van der Waals surface area contributed by atoms with Crippen LogP contribution in [0.5, 0.6) is 0 Å². The summed E-state index contributed by atoms with van der Waals surface area (Å²) in [6.45, 7) is 1.94. The van der Waals surface area contributed by atoms with E-state index in [2.05, 4.69) is 33.2 Å². The molecule has 5 nitrogen and oxygen atoms in total. The van der Waals surface area contributed by atoms with E-state index in [9.17, 15) is 9.59 Å². The molecule has 2 N–H and O–H groups in total. The summed E-state index contributed by atoms with van der Waals surface area (Å²) in [6, 6.07) is 18.0. The number of halogens is 1. The van der Waals surface area contributed by atoms with Gasteiger partial charge in [0, 0.05) is 15.3 Å². The molecule has 0 unspecified atom stereocenters. The molecular formula is C21H17IN2O3. The quantitative estimate of drug-likeness (QED) is 0.421. The average molecular weight is 472 g/mol. The number of carbonyl (C=O) groups excluding carboxylic acids is 2. The largest absolute Gasteiger partial charge is 0.465 e. The van der Waals surface area contributed by atoms with Gasteiger partial charge in [-0.05, 0) is 71.5 Å². The molecule has 0 radical (unpaired) electrons. The standard InChI is InChI=1S/C21H17IN2O3/c1-14-6-4-7-15(12-14)23-21(26)19(13-16-8-5-11-27-16)24-20(25)17-9-2-3-10-18(17)22/h2-13H,1H3,(H,23,26)(H,24,25). The Morgan fingerprint density at radius 2 is 1.85 bits per heavy atom. The molecule has 0 fully saturated rings. The van der Waals surface area contributed by atoms with Crippen molar-refractivity contribution in [3.63, 3.8) is 0 Å². The predicted octanol–water partition coefficient (Wildman–Crippen LogP) is 4.60. The van der Waals surface area contributed by atoms with E-state index in [-0.39, 0.29) is 11.6 Å². The normalized spacial score (nSPS) is 11.1. The number of hydrogen-bond acceptors (Lipinski definition) is 3. The molecule has 0 atom stereocenters. The van der Waals surface area contributed by atoms with Crippen LogP contribution in [-0.4, -0.2) is 11.8 Å². The molecule has 0 aliphatic heterocycles. The van der Waals surface area contributed by atoms with Crippen LogP contribution in [-0.2, 0) is 4.79 Å². The van der Waals surface area contributed by atoms with E-state index >= 15 is 0 Å². The van der Waals surface area contributed by atoms with Gasteiger partial charge in [0.25, 0.3) is 11.8 Å². The molecule has 3 aromatic rings. The van der Waals surface area contributed by atoms with Crippen molar-refractivity contribution in [3.05, 3.63) is 93.1 Å². The maximum Gasteiger partial charge on any atom is 0.272 e. The van der Waals surface area contributed by atoms with E-state index < -0.39 is 5.91 Å². The van der Waals surface area contributed by atoms with Gasteiger partial charge >= 0.3 is 0 Å². The Kier molecular flexibility index (Phi) is 6.08. The van der Waals surface area contributed by atoms with Crippen molar-refractivity contribution in [2.75, 3.05) is 5.32 Å². The molecule has 0 bridgehead atoms. The highest BCUT2D eigenvalue weighted by molar-refractivity contribution is 14.1. The Morgan fingerprint density at radius 1 is 1.04 bits per heavy atom. The summed E-state index contributed by atoms with van der Waals surface area (Å²) in [5.74, 6) is -0.332. The summed E-state index contributed by atoms with van der Waals surface area (Å²) in [7, 11) is 0. The molecule has 0 aliphatic carbocycles. The monoisotopic (exact) mass is 472 g/mol. The summed E-state index contributed by atoms with van der Waals surface area (Å²) in [4.78, 5) is 25.4. The number of aryl methyl sites for hydroxylation is 1. The highest BCUT2D eigenvalue weighted by Gasteiger charge is 2.17. The fraction of sp³-hybridized carbons (Fsp3) is 0.0476. The van der Waals surface area contributed by atoms with Crippen LogP contribution < -0.4 is 10.6 Å². The first-order chi connectivity index (χ1) is 13.0. The van der Waals surface area contributed by atoms with E-state index in [1.807, 2.05) is 37.3 Å². The number of carbonyl (C=O) groups is 2. The van der Waals surface area contributed by atoms with E-state index in [1.54, 1.807) is 30.3 Å². The molecular weight excluding hydrogens is 455 g/mol. The number of anilines is 1. The van der Waals surface area contributed by atoms with E-state index in [4.69, 9.17) is 4.42 Å². The number of benzene rings is 2. The third kappa shape index (κ3) is 5.07. The summed E-state index contributed by atoms with van der Waals surface area (Å²) in [5, 5.41) is 5.49. The molecule has 2 aromatic carbocycles. The van der Waals surface area contributed by atoms with Crippen LogP contribution in [0.4, 0.5) is 5.69 Å². The summed E-state index contributed by atoms with van der Waals surface area (Å²) < 4.78 is 6.08. The van der Waals surface area contributed by atoms with Crippen molar-refractivity contribution in [2.24, 2.45) is 0 Å². The molecule has 0 saturated carbocycles. The molecule has 2 amide bonds. The number of hydrogen-bond donors (Lipinski definition) is 2. The lowest BCUT2D eigenvalue weighted by Gasteiger charge is -2.12. The second-order valence-electron chi connectivity index (χ2n) is 5.83. The molecule has 6 heteroatoms. The minimum absolute atomic E-state index is 0.0936. The van der Waals surface area contributed by atoms with Gasteiger partial charge in [-0.25, -0.2) is 0 Å². The number of rotatable bonds is 5. The minimum atomic E-state index is -0.434. The third-order valence-corrected chi connectivity index (χ3v) is 4.66. The van der Waals surface area contributed by atoms with Crippen molar-refractivity contribution < 1.29 is 14.0 Å². The molecule has 27 heavy (non-hydrogen) atoms. The number of amides is 2. The van der Waals surface area contributed by atoms with Crippen LogP contribution in [0.2, 0.25) is 0 Å². The van der Waals surface area contributed by atoms with Crippen LogP contribution in [0.25, 0.3) is 6.08 Å². The summed E-state index contributed by atoms with van der Waals surface area (Å²) >= 11 is 2.09. The predicted molar refractivity (Wildman–Crippen MR) is 113 cm³/mol. The highest BCUT2D eigenvalue weighted by Crippen LogP contribution is 2.15. The van der Waals surface area contributed by atoms with Gasteiger partial charge in [0.05, 0.1) is 11.8 Å². The van der Waals surface area contributed by atoms with Crippen molar-refractivity contribution in [2.45, 2.75) is 6.92 Å². The Morgan fingerprint density at radius 3 is 2.56 bits per heavy atom. The molecule has 0 spiro atoms. The van der Waals surface area contributed by atoms with Crippen LogP contribution in [0.1, 0.15) is 21.7 Å². The van der Waals surface area contributed by atoms with Gasteiger partial charge in [0.1, 0.15) is 11.5 Å². The lowest BCUT2D eigenvalue weighted by atomic mass is 10.2. The van der Waals surface area contributed by atoms with Crippen molar-refractivity contribution in [1.82, 2.24) is 5.32 Å². The van der Waals surface area contributed by atoms with Gasteiger partial charge in [0.15, 0.2) is 0 Å². The first-order valence-corrected chi connectivity index (χ1v) is 9.30.